The van der Waals surface area contributed by atoms with Crippen LogP contribution < -0.4 is 0 Å². The van der Waals surface area contributed by atoms with Gasteiger partial charge in [0.25, 0.3) is 5.91 Å². The lowest BCUT2D eigenvalue weighted by atomic mass is 9.81. The van der Waals surface area contributed by atoms with Gasteiger partial charge in [0.2, 0.25) is 5.91 Å². The van der Waals surface area contributed by atoms with E-state index >= 15 is 4.39 Å². The molecule has 5 aliphatic rings. The molecule has 1 aromatic heterocycles. The fourth-order valence-corrected chi connectivity index (χ4v) is 9.42. The second-order valence-corrected chi connectivity index (χ2v) is 15.6. The quantitative estimate of drug-likeness (QED) is 0.325. The van der Waals surface area contributed by atoms with Crippen LogP contribution in [0.15, 0.2) is 52.1 Å². The summed E-state index contributed by atoms with van der Waals surface area (Å²) in [6, 6.07) is 6.27. The van der Waals surface area contributed by atoms with Gasteiger partial charge in [-0.2, -0.15) is 0 Å². The average molecular weight is 704 g/mol. The lowest BCUT2D eigenvalue weighted by molar-refractivity contribution is -0.145. The van der Waals surface area contributed by atoms with Gasteiger partial charge in [0, 0.05) is 42.6 Å². The van der Waals surface area contributed by atoms with Gasteiger partial charge in [0.15, 0.2) is 5.17 Å². The van der Waals surface area contributed by atoms with Crippen LogP contribution in [-0.2, 0) is 15.1 Å². The van der Waals surface area contributed by atoms with Crippen molar-refractivity contribution >= 4 is 51.9 Å². The van der Waals surface area contributed by atoms with Crippen LogP contribution in [0.4, 0.5) is 8.78 Å². The summed E-state index contributed by atoms with van der Waals surface area (Å²) in [5.41, 5.74) is 1.19. The Morgan fingerprint density at radius 1 is 1.13 bits per heavy atom. The number of likely N-dealkylation sites (N-methyl/N-ethyl adjacent to an activating group) is 1. The number of aliphatic imine (C=N–C) groups is 1. The van der Waals surface area contributed by atoms with Crippen molar-refractivity contribution in [2.75, 3.05) is 33.4 Å². The van der Waals surface area contributed by atoms with Gasteiger partial charge in [-0.05, 0) is 81.1 Å². The molecule has 13 heteroatoms. The Hall–Kier alpha value is -2.73. The molecule has 4 atom stereocenters. The molecule has 2 aromatic rings. The topological polar surface area (TPSA) is 72.4 Å². The number of nitrogens with zero attached hydrogens (tertiary/aromatic N) is 6. The van der Waals surface area contributed by atoms with Gasteiger partial charge in [-0.25, -0.2) is 18.8 Å². The highest BCUT2D eigenvalue weighted by Crippen LogP contribution is 2.56. The zero-order valence-electron chi connectivity index (χ0n) is 26.9. The monoisotopic (exact) mass is 702 g/mol. The Labute approximate surface area is 288 Å². The minimum absolute atomic E-state index is 0.00371. The fraction of sp³-hybridized carbons (Fsp3) is 0.529. The molecule has 0 N–H and O–H groups in total. The van der Waals surface area contributed by atoms with E-state index in [0.29, 0.717) is 52.4 Å². The van der Waals surface area contributed by atoms with Crippen molar-refractivity contribution in [2.24, 2.45) is 10.9 Å². The van der Waals surface area contributed by atoms with Crippen LogP contribution in [0.5, 0.6) is 0 Å². The lowest BCUT2D eigenvalue weighted by Gasteiger charge is -2.42. The molecule has 2 amide bonds. The fourth-order valence-electron chi connectivity index (χ4n) is 7.84. The molecule has 7 rings (SSSR count). The number of carbonyl (C=O) groups excluding carboxylic acids is 2. The number of fused-ring (bicyclic) bond motifs is 1. The number of piperazine rings is 1. The number of allylic oxidation sites excluding steroid dienone is 1. The first-order chi connectivity index (χ1) is 22.4. The van der Waals surface area contributed by atoms with E-state index in [1.165, 1.54) is 28.8 Å². The third kappa shape index (κ3) is 5.36. The Morgan fingerprint density at radius 3 is 2.53 bits per heavy atom. The summed E-state index contributed by atoms with van der Waals surface area (Å²) in [7, 11) is 2.10. The van der Waals surface area contributed by atoms with E-state index in [4.69, 9.17) is 28.2 Å². The van der Waals surface area contributed by atoms with Crippen LogP contribution in [0.3, 0.4) is 0 Å². The largest absolute Gasteiger partial charge is 0.338 e. The highest BCUT2D eigenvalue weighted by Gasteiger charge is 2.56. The molecular formula is C34H38Cl2F2N6O2S. The molecule has 4 aliphatic heterocycles. The van der Waals surface area contributed by atoms with Crippen molar-refractivity contribution in [1.29, 1.82) is 0 Å². The van der Waals surface area contributed by atoms with Crippen molar-refractivity contribution in [3.05, 3.63) is 74.3 Å². The molecule has 1 saturated carbocycles. The van der Waals surface area contributed by atoms with Gasteiger partial charge >= 0.3 is 0 Å². The predicted octanol–water partition coefficient (Wildman–Crippen LogP) is 6.41. The summed E-state index contributed by atoms with van der Waals surface area (Å²) in [4.78, 5) is 46.4. The number of likely N-dealkylation sites (tertiary alicyclic amines) is 1. The number of amides is 2. The summed E-state index contributed by atoms with van der Waals surface area (Å²) in [6.45, 7) is 7.21. The molecule has 3 fully saturated rings. The van der Waals surface area contributed by atoms with E-state index in [1.54, 1.807) is 18.3 Å². The minimum Gasteiger partial charge on any atom is -0.338 e. The van der Waals surface area contributed by atoms with Crippen molar-refractivity contribution in [3.63, 3.8) is 0 Å². The Kier molecular flexibility index (Phi) is 8.37. The Morgan fingerprint density at radius 2 is 1.89 bits per heavy atom. The van der Waals surface area contributed by atoms with Gasteiger partial charge in [-0.15, -0.1) is 0 Å². The number of pyridine rings is 1. The number of thioether (sulfide) groups is 1. The van der Waals surface area contributed by atoms with Gasteiger partial charge in [0.05, 0.1) is 17.1 Å². The summed E-state index contributed by atoms with van der Waals surface area (Å²) in [5.74, 6) is -1.18. The molecule has 0 bridgehead atoms. The molecule has 5 heterocycles. The molecule has 1 spiro atoms. The maximum Gasteiger partial charge on any atom is 0.263 e. The number of alkyl halides is 1. The number of hydrogen-bond acceptors (Lipinski definition) is 7. The summed E-state index contributed by atoms with van der Waals surface area (Å²) in [5, 5.41) is 0.913. The molecule has 47 heavy (non-hydrogen) atoms. The first-order valence-electron chi connectivity index (χ1n) is 16.2. The van der Waals surface area contributed by atoms with E-state index in [1.807, 2.05) is 36.6 Å². The zero-order valence-corrected chi connectivity index (χ0v) is 29.2. The number of benzene rings is 1. The van der Waals surface area contributed by atoms with Gasteiger partial charge in [-0.3, -0.25) is 14.5 Å². The van der Waals surface area contributed by atoms with E-state index in [9.17, 15) is 14.0 Å². The molecule has 1 aromatic carbocycles. The second kappa shape index (κ2) is 12.0. The number of hydrogen-bond donors (Lipinski definition) is 0. The maximum absolute atomic E-state index is 15.0. The molecule has 1 aliphatic carbocycles. The summed E-state index contributed by atoms with van der Waals surface area (Å²) in [6.07, 6.45) is 4.62. The van der Waals surface area contributed by atoms with Gasteiger partial charge in [-0.1, -0.05) is 49.2 Å². The normalized spacial score (nSPS) is 28.5. The van der Waals surface area contributed by atoms with Crippen LogP contribution in [0.2, 0.25) is 10.2 Å². The molecule has 8 nitrogen and oxygen atoms in total. The van der Waals surface area contributed by atoms with E-state index < -0.39 is 36.2 Å². The number of rotatable bonds is 6. The first kappa shape index (κ1) is 32.8. The van der Waals surface area contributed by atoms with Crippen molar-refractivity contribution in [2.45, 2.75) is 75.7 Å². The molecule has 2 saturated heterocycles. The second-order valence-electron chi connectivity index (χ2n) is 13.8. The Bertz CT molecular complexity index is 1680. The van der Waals surface area contributed by atoms with Crippen LogP contribution in [0.1, 0.15) is 63.6 Å². The number of aromatic nitrogens is 1. The third-order valence-electron chi connectivity index (χ3n) is 10.7. The number of amidine groups is 1. The van der Waals surface area contributed by atoms with Crippen molar-refractivity contribution < 1.29 is 18.4 Å². The van der Waals surface area contributed by atoms with E-state index in [2.05, 4.69) is 16.9 Å². The Balaban J connectivity index is 1.27. The molecular weight excluding hydrogens is 665 g/mol. The third-order valence-corrected chi connectivity index (χ3v) is 12.3. The van der Waals surface area contributed by atoms with Crippen LogP contribution >= 0.6 is 35.0 Å². The van der Waals surface area contributed by atoms with Crippen LogP contribution in [-0.4, -0.2) is 92.5 Å². The molecule has 250 valence electrons. The summed E-state index contributed by atoms with van der Waals surface area (Å²) >= 11 is 13.5. The van der Waals surface area contributed by atoms with Gasteiger partial charge in [0.1, 0.15) is 34.1 Å². The van der Waals surface area contributed by atoms with E-state index in [0.717, 1.165) is 24.9 Å². The minimum atomic E-state index is -0.928. The smallest absolute Gasteiger partial charge is 0.263 e. The van der Waals surface area contributed by atoms with Crippen molar-refractivity contribution in [3.8, 4) is 0 Å². The standard InChI is InChI=1S/C34H38Cl2F2N6O2S/c1-19(2)27-28(31(46)43-22(16-37)7-9-25(43)30(45)42-14-13-41(4)34(18-42)11-12-34)47-32-40-33(3,21-6-10-26(36)39-17-21)29(44(27)32)20-5-8-23(35)24(38)15-20/h5-6,8,10,15,17,19,22,25,29H,7,9,11-14,16,18H2,1-4H3/t22-,25+,29+,33-/m0/s1. The molecule has 0 unspecified atom stereocenters. The number of halogens is 4. The average Bonchev–Trinajstić information content (AvgIpc) is 3.39. The zero-order chi connectivity index (χ0) is 33.4. The SMILES string of the molecule is CC(C)C1=C(C(=O)N2[C@H](CF)CC[C@@H]2C(=O)N2CCN(C)C3(CC3)C2)SC2=N[C@@](C)(c3ccc(Cl)nc3)[C@@H](c3ccc(Cl)c(F)c3)N21. The molecule has 0 radical (unpaired) electrons. The van der Waals surface area contributed by atoms with Gasteiger partial charge < -0.3 is 14.7 Å². The lowest BCUT2D eigenvalue weighted by Crippen LogP contribution is -2.59. The van der Waals surface area contributed by atoms with Crippen molar-refractivity contribution in [1.82, 2.24) is 24.6 Å². The highest BCUT2D eigenvalue weighted by atomic mass is 35.5. The first-order valence-corrected chi connectivity index (χ1v) is 17.7. The van der Waals surface area contributed by atoms with Crippen LogP contribution in [0.25, 0.3) is 0 Å². The van der Waals surface area contributed by atoms with E-state index in [-0.39, 0.29) is 28.3 Å². The maximum atomic E-state index is 15.0. The predicted molar refractivity (Wildman–Crippen MR) is 180 cm³/mol. The van der Waals surface area contributed by atoms with Crippen LogP contribution in [0, 0.1) is 11.7 Å². The highest BCUT2D eigenvalue weighted by molar-refractivity contribution is 8.18. The number of carbonyl (C=O) groups is 2. The summed E-state index contributed by atoms with van der Waals surface area (Å²) < 4.78 is 29.6.